The van der Waals surface area contributed by atoms with E-state index >= 15 is 0 Å². The van der Waals surface area contributed by atoms with E-state index in [1.807, 2.05) is 6.07 Å². The van der Waals surface area contributed by atoms with Gasteiger partial charge in [-0.15, -0.1) is 11.3 Å². The molecule has 0 aliphatic heterocycles. The number of thiophene rings is 1. The molecule has 1 unspecified atom stereocenters. The molecule has 1 aliphatic rings. The predicted octanol–water partition coefficient (Wildman–Crippen LogP) is 4.57. The summed E-state index contributed by atoms with van der Waals surface area (Å²) in [7, 11) is 0. The third-order valence-electron chi connectivity index (χ3n) is 5.26. The lowest BCUT2D eigenvalue weighted by Crippen LogP contribution is -2.25. The molecular weight excluding hydrogens is 390 g/mol. The van der Waals surface area contributed by atoms with Gasteiger partial charge in [0.1, 0.15) is 4.88 Å². The van der Waals surface area contributed by atoms with Gasteiger partial charge in [0, 0.05) is 10.6 Å². The van der Waals surface area contributed by atoms with Crippen LogP contribution in [0.3, 0.4) is 0 Å². The van der Waals surface area contributed by atoms with Crippen molar-refractivity contribution in [3.05, 3.63) is 43.9 Å². The maximum Gasteiger partial charge on any atom is 0.349 e. The van der Waals surface area contributed by atoms with E-state index in [9.17, 15) is 14.4 Å². The molecule has 2 aromatic rings. The Labute approximate surface area is 174 Å². The fourth-order valence-corrected chi connectivity index (χ4v) is 4.89. The predicted molar refractivity (Wildman–Crippen MR) is 111 cm³/mol. The number of hydrogen-bond donors (Lipinski definition) is 1. The number of aromatic nitrogens is 1. The van der Waals surface area contributed by atoms with Crippen molar-refractivity contribution in [2.75, 3.05) is 6.61 Å². The van der Waals surface area contributed by atoms with Gasteiger partial charge in [0.05, 0.1) is 17.9 Å². The Hall–Kier alpha value is -2.41. The van der Waals surface area contributed by atoms with Crippen molar-refractivity contribution < 1.29 is 23.9 Å². The Balaban J connectivity index is 1.73. The summed E-state index contributed by atoms with van der Waals surface area (Å²) in [6.45, 7) is 6.94. The van der Waals surface area contributed by atoms with Gasteiger partial charge in [-0.3, -0.25) is 4.79 Å². The van der Waals surface area contributed by atoms with Gasteiger partial charge in [-0.25, -0.2) is 9.59 Å². The second-order valence-electron chi connectivity index (χ2n) is 7.38. The highest BCUT2D eigenvalue weighted by atomic mass is 32.1. The lowest BCUT2D eigenvalue weighted by Gasteiger charge is -2.11. The number of aromatic amines is 1. The van der Waals surface area contributed by atoms with Gasteiger partial charge in [0.2, 0.25) is 5.78 Å². The maximum atomic E-state index is 12.9. The van der Waals surface area contributed by atoms with Gasteiger partial charge < -0.3 is 14.5 Å². The molecule has 0 saturated heterocycles. The SMILES string of the molecule is CCOC(=O)c1c(C)[nH]c(C(=O)C(C)OC(=O)c2cc3c(s2)CCCCC3)c1C. The van der Waals surface area contributed by atoms with Crippen LogP contribution in [0.5, 0.6) is 0 Å². The number of ketones is 1. The summed E-state index contributed by atoms with van der Waals surface area (Å²) < 4.78 is 10.5. The lowest BCUT2D eigenvalue weighted by molar-refractivity contribution is 0.0321. The smallest absolute Gasteiger partial charge is 0.349 e. The average molecular weight is 418 g/mol. The van der Waals surface area contributed by atoms with Crippen molar-refractivity contribution in [2.45, 2.75) is 65.9 Å². The molecule has 29 heavy (non-hydrogen) atoms. The van der Waals surface area contributed by atoms with Crippen LogP contribution in [-0.4, -0.2) is 35.4 Å². The monoisotopic (exact) mass is 417 g/mol. The molecule has 0 saturated carbocycles. The van der Waals surface area contributed by atoms with Gasteiger partial charge in [-0.1, -0.05) is 6.42 Å². The van der Waals surface area contributed by atoms with Crippen molar-refractivity contribution in [3.63, 3.8) is 0 Å². The number of aryl methyl sites for hydroxylation is 3. The number of nitrogens with one attached hydrogen (secondary N) is 1. The normalized spacial score (nSPS) is 14.6. The van der Waals surface area contributed by atoms with Crippen LogP contribution in [0.25, 0.3) is 0 Å². The summed E-state index contributed by atoms with van der Waals surface area (Å²) in [5.41, 5.74) is 2.93. The number of rotatable bonds is 6. The topological polar surface area (TPSA) is 85.5 Å². The molecule has 0 amide bonds. The first-order chi connectivity index (χ1) is 13.8. The number of esters is 2. The van der Waals surface area contributed by atoms with Gasteiger partial charge in [-0.2, -0.15) is 0 Å². The number of Topliss-reactive ketones (excluding diaryl/α,β-unsaturated/α-hetero) is 1. The van der Waals surface area contributed by atoms with E-state index in [0.717, 1.165) is 25.7 Å². The van der Waals surface area contributed by atoms with Crippen LogP contribution in [0, 0.1) is 13.8 Å². The van der Waals surface area contributed by atoms with Crippen molar-refractivity contribution in [3.8, 4) is 0 Å². The first kappa shape index (κ1) is 21.3. The molecule has 1 N–H and O–H groups in total. The van der Waals surface area contributed by atoms with Crippen LogP contribution >= 0.6 is 11.3 Å². The zero-order valence-electron chi connectivity index (χ0n) is 17.3. The Morgan fingerprint density at radius 1 is 1.14 bits per heavy atom. The van der Waals surface area contributed by atoms with Gasteiger partial charge in [0.25, 0.3) is 0 Å². The van der Waals surface area contributed by atoms with Gasteiger partial charge >= 0.3 is 11.9 Å². The third kappa shape index (κ3) is 4.45. The van der Waals surface area contributed by atoms with E-state index in [2.05, 4.69) is 4.98 Å². The fraction of sp³-hybridized carbons (Fsp3) is 0.500. The quantitative estimate of drug-likeness (QED) is 0.423. The largest absolute Gasteiger partial charge is 0.462 e. The Kier molecular flexibility index (Phi) is 6.57. The number of carbonyl (C=O) groups is 3. The molecule has 0 fully saturated rings. The summed E-state index contributed by atoms with van der Waals surface area (Å²) in [4.78, 5) is 42.3. The second kappa shape index (κ2) is 8.95. The number of carbonyl (C=O) groups excluding carboxylic acids is 3. The first-order valence-corrected chi connectivity index (χ1v) is 10.9. The van der Waals surface area contributed by atoms with E-state index in [4.69, 9.17) is 9.47 Å². The second-order valence-corrected chi connectivity index (χ2v) is 8.51. The molecule has 0 radical (unpaired) electrons. The minimum absolute atomic E-state index is 0.255. The molecule has 3 rings (SSSR count). The summed E-state index contributed by atoms with van der Waals surface area (Å²) in [6.07, 6.45) is 4.53. The highest BCUT2D eigenvalue weighted by Crippen LogP contribution is 2.30. The number of fused-ring (bicyclic) bond motifs is 1. The summed E-state index contributed by atoms with van der Waals surface area (Å²) in [5.74, 6) is -1.31. The van der Waals surface area contributed by atoms with Crippen molar-refractivity contribution in [1.29, 1.82) is 0 Å². The molecule has 0 aromatic carbocycles. The molecule has 0 spiro atoms. The minimum Gasteiger partial charge on any atom is -0.462 e. The van der Waals surface area contributed by atoms with Crippen LogP contribution in [0.1, 0.15) is 85.3 Å². The molecule has 7 heteroatoms. The molecule has 156 valence electrons. The zero-order valence-corrected chi connectivity index (χ0v) is 18.2. The van der Waals surface area contributed by atoms with Crippen LogP contribution in [0.4, 0.5) is 0 Å². The summed E-state index contributed by atoms with van der Waals surface area (Å²) >= 11 is 1.47. The van der Waals surface area contributed by atoms with Crippen molar-refractivity contribution in [1.82, 2.24) is 4.98 Å². The minimum atomic E-state index is -0.962. The van der Waals surface area contributed by atoms with E-state index in [0.29, 0.717) is 21.7 Å². The van der Waals surface area contributed by atoms with Crippen molar-refractivity contribution >= 4 is 29.1 Å². The third-order valence-corrected chi connectivity index (χ3v) is 6.48. The van der Waals surface area contributed by atoms with E-state index in [-0.39, 0.29) is 18.1 Å². The zero-order chi connectivity index (χ0) is 21.1. The van der Waals surface area contributed by atoms with Crippen LogP contribution < -0.4 is 0 Å². The average Bonchev–Trinajstić information content (AvgIpc) is 3.13. The van der Waals surface area contributed by atoms with Crippen molar-refractivity contribution in [2.24, 2.45) is 0 Å². The lowest BCUT2D eigenvalue weighted by atomic mass is 10.1. The molecular formula is C22H27NO5S. The number of ether oxygens (including phenoxy) is 2. The maximum absolute atomic E-state index is 12.9. The Morgan fingerprint density at radius 3 is 2.59 bits per heavy atom. The fourth-order valence-electron chi connectivity index (χ4n) is 3.75. The van der Waals surface area contributed by atoms with Crippen LogP contribution in [-0.2, 0) is 22.3 Å². The molecule has 2 heterocycles. The van der Waals surface area contributed by atoms with E-state index in [1.165, 1.54) is 28.2 Å². The highest BCUT2D eigenvalue weighted by molar-refractivity contribution is 7.14. The molecule has 2 aromatic heterocycles. The summed E-state index contributed by atoms with van der Waals surface area (Å²) in [5, 5.41) is 0. The molecule has 0 bridgehead atoms. The Bertz CT molecular complexity index is 916. The standard InChI is InChI=1S/C22H27NO5S/c1-5-27-22(26)18-12(2)19(23-13(18)3)20(24)14(4)28-21(25)17-11-15-9-7-6-8-10-16(15)29-17/h11,14,23H,5-10H2,1-4H3. The van der Waals surface area contributed by atoms with E-state index < -0.39 is 18.0 Å². The van der Waals surface area contributed by atoms with E-state index in [1.54, 1.807) is 27.7 Å². The number of H-pyrrole nitrogens is 1. The molecule has 1 aliphatic carbocycles. The summed E-state index contributed by atoms with van der Waals surface area (Å²) in [6, 6.07) is 1.91. The first-order valence-electron chi connectivity index (χ1n) is 10.1. The Morgan fingerprint density at radius 2 is 1.86 bits per heavy atom. The van der Waals surface area contributed by atoms with Crippen LogP contribution in [0.2, 0.25) is 0 Å². The van der Waals surface area contributed by atoms with Gasteiger partial charge in [0.15, 0.2) is 6.10 Å². The van der Waals surface area contributed by atoms with Gasteiger partial charge in [-0.05, 0) is 70.6 Å². The number of hydrogen-bond acceptors (Lipinski definition) is 6. The molecule has 1 atom stereocenters. The highest BCUT2D eigenvalue weighted by Gasteiger charge is 2.28. The van der Waals surface area contributed by atoms with Crippen LogP contribution in [0.15, 0.2) is 6.07 Å². The molecule has 6 nitrogen and oxygen atoms in total.